The van der Waals surface area contributed by atoms with Crippen LogP contribution in [0.4, 0.5) is 5.69 Å². The van der Waals surface area contributed by atoms with Gasteiger partial charge in [-0.05, 0) is 41.5 Å². The van der Waals surface area contributed by atoms with Crippen LogP contribution in [-0.2, 0) is 0 Å². The van der Waals surface area contributed by atoms with Crippen molar-refractivity contribution >= 4 is 17.3 Å². The van der Waals surface area contributed by atoms with Crippen LogP contribution in [0.25, 0.3) is 11.4 Å². The van der Waals surface area contributed by atoms with Gasteiger partial charge in [0.15, 0.2) is 5.82 Å². The van der Waals surface area contributed by atoms with Crippen LogP contribution in [0, 0.1) is 0 Å². The molecule has 106 valence electrons. The first kappa shape index (κ1) is 13.4. The Morgan fingerprint density at radius 2 is 1.90 bits per heavy atom. The highest BCUT2D eigenvalue weighted by Gasteiger charge is 2.21. The fourth-order valence-corrected chi connectivity index (χ4v) is 3.04. The Labute approximate surface area is 123 Å². The summed E-state index contributed by atoms with van der Waals surface area (Å²) in [6.45, 7) is 0. The lowest BCUT2D eigenvalue weighted by Crippen LogP contribution is -2.12. The summed E-state index contributed by atoms with van der Waals surface area (Å²) >= 11 is 6.27. The minimum atomic E-state index is 0.361. The Kier molecular flexibility index (Phi) is 3.87. The molecule has 1 fully saturated rings. The number of aromatic nitrogens is 4. The van der Waals surface area contributed by atoms with Crippen molar-refractivity contribution in [2.45, 2.75) is 44.6 Å². The molecule has 2 aromatic rings. The van der Waals surface area contributed by atoms with E-state index < -0.39 is 0 Å². The quantitative estimate of drug-likeness (QED) is 0.679. The molecule has 0 atom stereocenters. The molecule has 3 rings (SSSR count). The molecular formula is C14H18ClN5. The fourth-order valence-electron chi connectivity index (χ4n) is 2.83. The normalized spacial score (nSPS) is 17.1. The van der Waals surface area contributed by atoms with Crippen LogP contribution in [0.15, 0.2) is 18.2 Å². The third-order valence-electron chi connectivity index (χ3n) is 3.89. The van der Waals surface area contributed by atoms with Gasteiger partial charge in [-0.25, -0.2) is 4.68 Å². The summed E-state index contributed by atoms with van der Waals surface area (Å²) in [5, 5.41) is 12.8. The van der Waals surface area contributed by atoms with Gasteiger partial charge in [-0.15, -0.1) is 5.10 Å². The number of nitrogens with two attached hydrogens (primary N) is 1. The van der Waals surface area contributed by atoms with Gasteiger partial charge in [-0.1, -0.05) is 37.3 Å². The predicted octanol–water partition coefficient (Wildman–Crippen LogP) is 3.47. The van der Waals surface area contributed by atoms with Gasteiger partial charge in [0.25, 0.3) is 0 Å². The number of nitrogen functional groups attached to an aromatic ring is 1. The monoisotopic (exact) mass is 291 g/mol. The van der Waals surface area contributed by atoms with Gasteiger partial charge in [0.1, 0.15) is 0 Å². The van der Waals surface area contributed by atoms with Gasteiger partial charge in [0.2, 0.25) is 0 Å². The summed E-state index contributed by atoms with van der Waals surface area (Å²) in [4.78, 5) is 0. The number of tetrazole rings is 1. The maximum atomic E-state index is 6.27. The standard InChI is InChI=1S/C14H18ClN5/c15-13-8-7-10(16)9-12(13)14-17-18-19-20(14)11-5-3-1-2-4-6-11/h7-9,11H,1-6,16H2. The average molecular weight is 292 g/mol. The van der Waals surface area contributed by atoms with Crippen molar-refractivity contribution in [3.05, 3.63) is 23.2 Å². The Hall–Kier alpha value is -1.62. The van der Waals surface area contributed by atoms with Crippen LogP contribution < -0.4 is 5.73 Å². The molecule has 5 nitrogen and oxygen atoms in total. The van der Waals surface area contributed by atoms with Gasteiger partial charge in [0, 0.05) is 11.3 Å². The predicted molar refractivity (Wildman–Crippen MR) is 79.4 cm³/mol. The van der Waals surface area contributed by atoms with Crippen LogP contribution in [-0.4, -0.2) is 20.2 Å². The van der Waals surface area contributed by atoms with Crippen molar-refractivity contribution in [1.82, 2.24) is 20.2 Å². The highest BCUT2D eigenvalue weighted by molar-refractivity contribution is 6.33. The fraction of sp³-hybridized carbons (Fsp3) is 0.500. The molecule has 0 bridgehead atoms. The van der Waals surface area contributed by atoms with Crippen LogP contribution in [0.3, 0.4) is 0 Å². The lowest BCUT2D eigenvalue weighted by Gasteiger charge is -2.16. The second kappa shape index (κ2) is 5.79. The van der Waals surface area contributed by atoms with E-state index >= 15 is 0 Å². The molecule has 0 aliphatic heterocycles. The highest BCUT2D eigenvalue weighted by Crippen LogP contribution is 2.33. The first-order valence-corrected chi connectivity index (χ1v) is 7.47. The maximum Gasteiger partial charge on any atom is 0.183 e. The molecule has 0 unspecified atom stereocenters. The van der Waals surface area contributed by atoms with Gasteiger partial charge in [-0.3, -0.25) is 0 Å². The molecule has 0 amide bonds. The van der Waals surface area contributed by atoms with Crippen molar-refractivity contribution in [3.8, 4) is 11.4 Å². The van der Waals surface area contributed by atoms with E-state index in [1.807, 2.05) is 10.7 Å². The lowest BCUT2D eigenvalue weighted by atomic mass is 10.1. The lowest BCUT2D eigenvalue weighted by molar-refractivity contribution is 0.400. The first-order chi connectivity index (χ1) is 9.75. The zero-order valence-corrected chi connectivity index (χ0v) is 12.1. The van der Waals surface area contributed by atoms with E-state index in [0.717, 1.165) is 18.4 Å². The molecule has 2 N–H and O–H groups in total. The maximum absolute atomic E-state index is 6.27. The van der Waals surface area contributed by atoms with E-state index in [4.69, 9.17) is 17.3 Å². The summed E-state index contributed by atoms with van der Waals surface area (Å²) in [5.74, 6) is 0.717. The molecule has 20 heavy (non-hydrogen) atoms. The van der Waals surface area contributed by atoms with Crippen LogP contribution in [0.1, 0.15) is 44.6 Å². The third-order valence-corrected chi connectivity index (χ3v) is 4.22. The summed E-state index contributed by atoms with van der Waals surface area (Å²) in [7, 11) is 0. The van der Waals surface area contributed by atoms with Crippen molar-refractivity contribution in [2.24, 2.45) is 0 Å². The van der Waals surface area contributed by atoms with Crippen molar-refractivity contribution in [1.29, 1.82) is 0 Å². The summed E-state index contributed by atoms with van der Waals surface area (Å²) in [6, 6.07) is 5.77. The number of anilines is 1. The van der Waals surface area contributed by atoms with E-state index in [1.54, 1.807) is 12.1 Å². The van der Waals surface area contributed by atoms with E-state index in [-0.39, 0.29) is 0 Å². The Balaban J connectivity index is 1.98. The van der Waals surface area contributed by atoms with Crippen LogP contribution >= 0.6 is 11.6 Å². The number of hydrogen-bond donors (Lipinski definition) is 1. The van der Waals surface area contributed by atoms with E-state index in [2.05, 4.69) is 15.5 Å². The molecule has 1 aliphatic carbocycles. The number of halogens is 1. The number of hydrogen-bond acceptors (Lipinski definition) is 4. The first-order valence-electron chi connectivity index (χ1n) is 7.09. The molecule has 1 aromatic carbocycles. The highest BCUT2D eigenvalue weighted by atomic mass is 35.5. The van der Waals surface area contributed by atoms with Gasteiger partial charge in [-0.2, -0.15) is 0 Å². The van der Waals surface area contributed by atoms with E-state index in [0.29, 0.717) is 22.6 Å². The van der Waals surface area contributed by atoms with Gasteiger partial charge >= 0.3 is 0 Å². The molecule has 0 saturated heterocycles. The second-order valence-electron chi connectivity index (χ2n) is 5.33. The minimum Gasteiger partial charge on any atom is -0.399 e. The smallest absolute Gasteiger partial charge is 0.183 e. The Morgan fingerprint density at radius 3 is 2.65 bits per heavy atom. The van der Waals surface area contributed by atoms with Gasteiger partial charge in [0.05, 0.1) is 11.1 Å². The number of nitrogens with zero attached hydrogens (tertiary/aromatic N) is 4. The minimum absolute atomic E-state index is 0.361. The molecule has 1 heterocycles. The van der Waals surface area contributed by atoms with E-state index in [9.17, 15) is 0 Å². The molecule has 0 spiro atoms. The topological polar surface area (TPSA) is 69.6 Å². The van der Waals surface area contributed by atoms with Crippen LogP contribution in [0.2, 0.25) is 5.02 Å². The van der Waals surface area contributed by atoms with E-state index in [1.165, 1.54) is 25.7 Å². The summed E-state index contributed by atoms with van der Waals surface area (Å²) in [5.41, 5.74) is 7.32. The zero-order valence-electron chi connectivity index (χ0n) is 11.3. The summed E-state index contributed by atoms with van der Waals surface area (Å²) < 4.78 is 1.92. The van der Waals surface area contributed by atoms with Crippen molar-refractivity contribution in [2.75, 3.05) is 5.73 Å². The van der Waals surface area contributed by atoms with Crippen molar-refractivity contribution < 1.29 is 0 Å². The van der Waals surface area contributed by atoms with Gasteiger partial charge < -0.3 is 5.73 Å². The SMILES string of the molecule is Nc1ccc(Cl)c(-c2nnnn2C2CCCCCC2)c1. The molecule has 1 saturated carbocycles. The Morgan fingerprint density at radius 1 is 1.15 bits per heavy atom. The van der Waals surface area contributed by atoms with Crippen molar-refractivity contribution in [3.63, 3.8) is 0 Å². The molecule has 1 aromatic heterocycles. The van der Waals surface area contributed by atoms with Crippen LogP contribution in [0.5, 0.6) is 0 Å². The summed E-state index contributed by atoms with van der Waals surface area (Å²) in [6.07, 6.45) is 7.30. The average Bonchev–Trinajstić information content (AvgIpc) is 2.76. The Bertz CT molecular complexity index is 587. The molecular weight excluding hydrogens is 274 g/mol. The number of benzene rings is 1. The third kappa shape index (κ3) is 2.63. The largest absolute Gasteiger partial charge is 0.399 e. The zero-order chi connectivity index (χ0) is 13.9. The second-order valence-corrected chi connectivity index (χ2v) is 5.74. The molecule has 0 radical (unpaired) electrons. The number of rotatable bonds is 2. The molecule has 6 heteroatoms. The molecule has 1 aliphatic rings.